The summed E-state index contributed by atoms with van der Waals surface area (Å²) in [5.74, 6) is 0.448. The van der Waals surface area contributed by atoms with Crippen LogP contribution in [0.4, 0.5) is 4.39 Å². The van der Waals surface area contributed by atoms with Gasteiger partial charge in [-0.2, -0.15) is 4.98 Å². The summed E-state index contributed by atoms with van der Waals surface area (Å²) in [5.41, 5.74) is 0.725. The molecule has 1 N–H and O–H groups in total. The fraction of sp³-hybridized carbons (Fsp3) is 0.333. The molecule has 0 fully saturated rings. The normalized spacial score (nSPS) is 12.7. The third kappa shape index (κ3) is 3.27. The average molecular weight is 271 g/mol. The molecule has 4 nitrogen and oxygen atoms in total. The molecule has 0 spiro atoms. The van der Waals surface area contributed by atoms with Crippen molar-refractivity contribution in [3.8, 4) is 0 Å². The molecule has 0 aliphatic carbocycles. The van der Waals surface area contributed by atoms with Crippen LogP contribution in [0.2, 0.25) is 5.02 Å². The van der Waals surface area contributed by atoms with E-state index in [2.05, 4.69) is 10.1 Å². The van der Waals surface area contributed by atoms with Crippen LogP contribution in [-0.2, 0) is 12.8 Å². The van der Waals surface area contributed by atoms with Crippen LogP contribution in [0.25, 0.3) is 0 Å². The van der Waals surface area contributed by atoms with Crippen molar-refractivity contribution in [1.29, 1.82) is 0 Å². The molecule has 6 heteroatoms. The highest BCUT2D eigenvalue weighted by Crippen LogP contribution is 2.19. The molecule has 0 aliphatic heterocycles. The van der Waals surface area contributed by atoms with Crippen molar-refractivity contribution in [2.45, 2.75) is 25.9 Å². The van der Waals surface area contributed by atoms with E-state index < -0.39 is 6.10 Å². The van der Waals surface area contributed by atoms with Gasteiger partial charge in [0.15, 0.2) is 5.82 Å². The Morgan fingerprint density at radius 1 is 1.50 bits per heavy atom. The van der Waals surface area contributed by atoms with Crippen LogP contribution in [0.5, 0.6) is 0 Å². The summed E-state index contributed by atoms with van der Waals surface area (Å²) >= 11 is 5.90. The number of aliphatic hydroxyl groups is 1. The first kappa shape index (κ1) is 13.0. The second kappa shape index (κ2) is 5.46. The van der Waals surface area contributed by atoms with Crippen molar-refractivity contribution in [2.75, 3.05) is 0 Å². The van der Waals surface area contributed by atoms with Crippen molar-refractivity contribution in [2.24, 2.45) is 0 Å². The predicted molar refractivity (Wildman–Crippen MR) is 63.9 cm³/mol. The third-order valence-electron chi connectivity index (χ3n) is 2.34. The van der Waals surface area contributed by atoms with E-state index in [1.54, 1.807) is 13.0 Å². The Balaban J connectivity index is 2.11. The van der Waals surface area contributed by atoms with E-state index in [1.807, 2.05) is 0 Å². The number of nitrogens with zero attached hydrogens (tertiary/aromatic N) is 2. The van der Waals surface area contributed by atoms with E-state index in [4.69, 9.17) is 16.1 Å². The van der Waals surface area contributed by atoms with E-state index in [-0.39, 0.29) is 5.82 Å². The highest BCUT2D eigenvalue weighted by Gasteiger charge is 2.11. The molecule has 96 valence electrons. The minimum Gasteiger partial charge on any atom is -0.393 e. The van der Waals surface area contributed by atoms with E-state index >= 15 is 0 Å². The first-order chi connectivity index (χ1) is 8.54. The molecule has 0 amide bonds. The maximum atomic E-state index is 12.9. The van der Waals surface area contributed by atoms with Gasteiger partial charge in [0.2, 0.25) is 5.89 Å². The molecule has 0 radical (unpaired) electrons. The molecule has 0 saturated carbocycles. The summed E-state index contributed by atoms with van der Waals surface area (Å²) < 4.78 is 17.8. The zero-order valence-corrected chi connectivity index (χ0v) is 10.5. The van der Waals surface area contributed by atoms with Gasteiger partial charge in [-0.05, 0) is 24.6 Å². The van der Waals surface area contributed by atoms with Gasteiger partial charge in [-0.1, -0.05) is 22.8 Å². The van der Waals surface area contributed by atoms with Crippen LogP contribution in [0.1, 0.15) is 24.2 Å². The summed E-state index contributed by atoms with van der Waals surface area (Å²) in [4.78, 5) is 4.12. The maximum Gasteiger partial charge on any atom is 0.229 e. The second-order valence-electron chi connectivity index (χ2n) is 4.07. The van der Waals surface area contributed by atoms with Gasteiger partial charge in [-0.3, -0.25) is 0 Å². The summed E-state index contributed by atoms with van der Waals surface area (Å²) in [6.07, 6.45) is 0.139. The largest absolute Gasteiger partial charge is 0.393 e. The molecule has 18 heavy (non-hydrogen) atoms. The smallest absolute Gasteiger partial charge is 0.229 e. The molecule has 2 rings (SSSR count). The minimum absolute atomic E-state index is 0.310. The van der Waals surface area contributed by atoms with Crippen LogP contribution in [0.3, 0.4) is 0 Å². The fourth-order valence-corrected chi connectivity index (χ4v) is 1.77. The molecule has 1 aromatic heterocycles. The molecular formula is C12H12ClFN2O2. The summed E-state index contributed by atoms with van der Waals surface area (Å²) in [6.45, 7) is 1.64. The minimum atomic E-state index is -0.535. The zero-order valence-electron chi connectivity index (χ0n) is 9.73. The van der Waals surface area contributed by atoms with Gasteiger partial charge in [-0.15, -0.1) is 0 Å². The van der Waals surface area contributed by atoms with Crippen molar-refractivity contribution in [3.63, 3.8) is 0 Å². The van der Waals surface area contributed by atoms with Crippen molar-refractivity contribution < 1.29 is 14.0 Å². The van der Waals surface area contributed by atoms with Gasteiger partial charge in [0.25, 0.3) is 0 Å². The summed E-state index contributed by atoms with van der Waals surface area (Å²) in [7, 11) is 0. The topological polar surface area (TPSA) is 59.2 Å². The maximum absolute atomic E-state index is 12.9. The molecule has 2 aromatic rings. The number of aliphatic hydroxyl groups excluding tert-OH is 1. The average Bonchev–Trinajstić information content (AvgIpc) is 2.69. The van der Waals surface area contributed by atoms with Crippen molar-refractivity contribution in [3.05, 3.63) is 46.3 Å². The van der Waals surface area contributed by atoms with E-state index in [0.29, 0.717) is 29.6 Å². The first-order valence-electron chi connectivity index (χ1n) is 5.48. The van der Waals surface area contributed by atoms with E-state index in [0.717, 1.165) is 5.56 Å². The Labute approximate surface area is 108 Å². The first-order valence-corrected chi connectivity index (χ1v) is 5.86. The van der Waals surface area contributed by atoms with Crippen molar-refractivity contribution in [1.82, 2.24) is 10.1 Å². The quantitative estimate of drug-likeness (QED) is 0.927. The van der Waals surface area contributed by atoms with Crippen LogP contribution in [0.15, 0.2) is 22.7 Å². The lowest BCUT2D eigenvalue weighted by Gasteiger charge is -2.00. The molecule has 0 saturated heterocycles. The molecular weight excluding hydrogens is 259 g/mol. The Kier molecular flexibility index (Phi) is 3.93. The van der Waals surface area contributed by atoms with E-state index in [1.165, 1.54) is 12.1 Å². The molecule has 0 bridgehead atoms. The third-order valence-corrected chi connectivity index (χ3v) is 2.70. The molecule has 1 unspecified atom stereocenters. The van der Waals surface area contributed by atoms with Crippen LogP contribution >= 0.6 is 11.6 Å². The summed E-state index contributed by atoms with van der Waals surface area (Å²) in [5, 5.41) is 13.3. The van der Waals surface area contributed by atoms with Crippen LogP contribution in [0, 0.1) is 5.82 Å². The lowest BCUT2D eigenvalue weighted by Crippen LogP contribution is -2.04. The lowest BCUT2D eigenvalue weighted by molar-refractivity contribution is 0.181. The van der Waals surface area contributed by atoms with Gasteiger partial charge in [0, 0.05) is 11.4 Å². The Bertz CT molecular complexity index is 543. The Morgan fingerprint density at radius 2 is 2.28 bits per heavy atom. The monoisotopic (exact) mass is 270 g/mol. The van der Waals surface area contributed by atoms with Gasteiger partial charge in [-0.25, -0.2) is 4.39 Å². The van der Waals surface area contributed by atoms with E-state index in [9.17, 15) is 9.50 Å². The highest BCUT2D eigenvalue weighted by molar-refractivity contribution is 6.31. The van der Waals surface area contributed by atoms with Crippen LogP contribution < -0.4 is 0 Å². The number of benzene rings is 1. The van der Waals surface area contributed by atoms with Crippen molar-refractivity contribution >= 4 is 11.6 Å². The Hall–Kier alpha value is -1.46. The zero-order chi connectivity index (χ0) is 13.1. The highest BCUT2D eigenvalue weighted by atomic mass is 35.5. The van der Waals surface area contributed by atoms with Gasteiger partial charge in [0.1, 0.15) is 5.82 Å². The van der Waals surface area contributed by atoms with Gasteiger partial charge < -0.3 is 9.63 Å². The number of halogens is 2. The number of rotatable bonds is 4. The lowest BCUT2D eigenvalue weighted by atomic mass is 10.1. The Morgan fingerprint density at radius 3 is 2.94 bits per heavy atom. The summed E-state index contributed by atoms with van der Waals surface area (Å²) in [6, 6.07) is 4.16. The second-order valence-corrected chi connectivity index (χ2v) is 4.48. The number of aromatic nitrogens is 2. The number of hydrogen-bond acceptors (Lipinski definition) is 4. The number of hydrogen-bond donors (Lipinski definition) is 1. The van der Waals surface area contributed by atoms with Gasteiger partial charge in [0.05, 0.1) is 12.5 Å². The molecule has 0 aliphatic rings. The van der Waals surface area contributed by atoms with Crippen LogP contribution in [-0.4, -0.2) is 21.4 Å². The molecule has 1 heterocycles. The predicted octanol–water partition coefficient (Wildman–Crippen LogP) is 2.38. The molecule has 1 atom stereocenters. The standard InChI is InChI=1S/C12H12ClFN2O2/c1-7(17)4-12-15-11(16-18-12)5-8-2-3-9(14)6-10(8)13/h2-3,6-7,17H,4-5H2,1H3. The fourth-order valence-electron chi connectivity index (χ4n) is 1.53. The van der Waals surface area contributed by atoms with Gasteiger partial charge >= 0.3 is 0 Å². The SMILES string of the molecule is CC(O)Cc1nc(Cc2ccc(F)cc2Cl)no1. The molecule has 1 aromatic carbocycles.